The Bertz CT molecular complexity index is 742. The number of hydrogen-bond donors (Lipinski definition) is 2. The maximum atomic E-state index is 12.8. The fraction of sp³-hybridized carbons (Fsp3) is 0.652. The number of anilines is 1. The third-order valence-electron chi connectivity index (χ3n) is 6.74. The summed E-state index contributed by atoms with van der Waals surface area (Å²) in [6, 6.07) is 6.89. The highest BCUT2D eigenvalue weighted by molar-refractivity contribution is 5.96. The Morgan fingerprint density at radius 2 is 1.90 bits per heavy atom. The summed E-state index contributed by atoms with van der Waals surface area (Å²) in [4.78, 5) is 27.3. The molecule has 0 aromatic heterocycles. The van der Waals surface area contributed by atoms with Gasteiger partial charge in [-0.15, -0.1) is 12.4 Å². The van der Waals surface area contributed by atoms with Crippen LogP contribution in [0, 0.1) is 18.8 Å². The predicted molar refractivity (Wildman–Crippen MR) is 119 cm³/mol. The van der Waals surface area contributed by atoms with Crippen LogP contribution in [0.5, 0.6) is 0 Å². The number of carbonyl (C=O) groups excluding carboxylic acids is 2. The van der Waals surface area contributed by atoms with Crippen LogP contribution in [0.4, 0.5) is 5.69 Å². The fourth-order valence-corrected chi connectivity index (χ4v) is 5.30. The molecule has 6 heteroatoms. The van der Waals surface area contributed by atoms with E-state index in [1.807, 2.05) is 30.0 Å². The van der Waals surface area contributed by atoms with Gasteiger partial charge in [0, 0.05) is 42.8 Å². The lowest BCUT2D eigenvalue weighted by molar-refractivity contribution is -0.117. The fourth-order valence-electron chi connectivity index (χ4n) is 5.30. The first kappa shape index (κ1) is 22.1. The first-order chi connectivity index (χ1) is 13.5. The number of amides is 2. The van der Waals surface area contributed by atoms with E-state index in [1.54, 1.807) is 0 Å². The van der Waals surface area contributed by atoms with Gasteiger partial charge in [-0.25, -0.2) is 0 Å². The van der Waals surface area contributed by atoms with E-state index < -0.39 is 0 Å². The largest absolute Gasteiger partial charge is 0.338 e. The van der Waals surface area contributed by atoms with Gasteiger partial charge in [-0.05, 0) is 81.0 Å². The third-order valence-corrected chi connectivity index (χ3v) is 6.74. The molecule has 160 valence electrons. The molecule has 0 radical (unpaired) electrons. The lowest BCUT2D eigenvalue weighted by atomic mass is 9.89. The number of halogens is 1. The Labute approximate surface area is 180 Å². The van der Waals surface area contributed by atoms with E-state index in [-0.39, 0.29) is 24.2 Å². The minimum absolute atomic E-state index is 0. The van der Waals surface area contributed by atoms with Crippen molar-refractivity contribution in [3.8, 4) is 0 Å². The van der Waals surface area contributed by atoms with Crippen LogP contribution in [0.15, 0.2) is 18.2 Å². The summed E-state index contributed by atoms with van der Waals surface area (Å²) in [5.74, 6) is 1.26. The van der Waals surface area contributed by atoms with Crippen LogP contribution in [-0.2, 0) is 4.79 Å². The summed E-state index contributed by atoms with van der Waals surface area (Å²) in [5.41, 5.74) is 2.50. The van der Waals surface area contributed by atoms with Crippen molar-refractivity contribution in [2.45, 2.75) is 70.9 Å². The van der Waals surface area contributed by atoms with Crippen LogP contribution in [-0.4, -0.2) is 41.9 Å². The number of carbonyl (C=O) groups is 2. The molecule has 3 fully saturated rings. The normalized spacial score (nSPS) is 28.6. The van der Waals surface area contributed by atoms with E-state index in [0.717, 1.165) is 49.2 Å². The van der Waals surface area contributed by atoms with Gasteiger partial charge in [0.2, 0.25) is 5.91 Å². The van der Waals surface area contributed by atoms with E-state index in [2.05, 4.69) is 17.6 Å². The Kier molecular flexibility index (Phi) is 7.23. The van der Waals surface area contributed by atoms with Crippen molar-refractivity contribution in [1.29, 1.82) is 0 Å². The monoisotopic (exact) mass is 419 g/mol. The van der Waals surface area contributed by atoms with E-state index in [1.165, 1.54) is 19.3 Å². The second kappa shape index (κ2) is 9.48. The number of nitrogens with zero attached hydrogens (tertiary/aromatic N) is 1. The molecule has 3 unspecified atom stereocenters. The number of rotatable bonds is 4. The molecule has 2 amide bonds. The van der Waals surface area contributed by atoms with Crippen LogP contribution in [0.25, 0.3) is 0 Å². The first-order valence-electron chi connectivity index (χ1n) is 10.9. The molecule has 0 spiro atoms. The number of hydrogen-bond acceptors (Lipinski definition) is 3. The molecule has 0 saturated carbocycles. The molecule has 3 heterocycles. The average molecular weight is 420 g/mol. The smallest absolute Gasteiger partial charge is 0.253 e. The molecule has 1 aromatic carbocycles. The number of fused-ring (bicyclic) bond motifs is 2. The van der Waals surface area contributed by atoms with Gasteiger partial charge >= 0.3 is 0 Å². The predicted octanol–water partition coefficient (Wildman–Crippen LogP) is 4.15. The van der Waals surface area contributed by atoms with Crippen molar-refractivity contribution >= 4 is 29.9 Å². The van der Waals surface area contributed by atoms with Crippen LogP contribution in [0.1, 0.15) is 67.8 Å². The van der Waals surface area contributed by atoms with E-state index in [0.29, 0.717) is 30.3 Å². The second-order valence-electron chi connectivity index (χ2n) is 9.26. The summed E-state index contributed by atoms with van der Waals surface area (Å²) in [6.07, 6.45) is 7.63. The molecule has 4 rings (SSSR count). The summed E-state index contributed by atoms with van der Waals surface area (Å²) >= 11 is 0. The highest BCUT2D eigenvalue weighted by atomic mass is 35.5. The van der Waals surface area contributed by atoms with Crippen molar-refractivity contribution in [1.82, 2.24) is 10.2 Å². The molecule has 1 aromatic rings. The van der Waals surface area contributed by atoms with Gasteiger partial charge < -0.3 is 15.5 Å². The van der Waals surface area contributed by atoms with E-state index >= 15 is 0 Å². The van der Waals surface area contributed by atoms with Crippen LogP contribution >= 0.6 is 12.4 Å². The maximum Gasteiger partial charge on any atom is 0.253 e. The zero-order valence-electron chi connectivity index (χ0n) is 17.6. The molecule has 2 bridgehead atoms. The summed E-state index contributed by atoms with van der Waals surface area (Å²) < 4.78 is 0. The number of aryl methyl sites for hydroxylation is 1. The third kappa shape index (κ3) is 5.32. The molecule has 2 N–H and O–H groups in total. The summed E-state index contributed by atoms with van der Waals surface area (Å²) in [7, 11) is 0. The molecular formula is C23H34ClN3O2. The molecule has 3 aliphatic heterocycles. The minimum Gasteiger partial charge on any atom is -0.338 e. The highest BCUT2D eigenvalue weighted by Crippen LogP contribution is 2.33. The zero-order chi connectivity index (χ0) is 19.7. The lowest BCUT2D eigenvalue weighted by Crippen LogP contribution is -2.39. The SMILES string of the molecule is Cc1cc(C(=O)N2CCCC(C)C2)ccc1NC(=O)CC1CC2CCC(C1)N2.Cl. The minimum atomic E-state index is 0. The van der Waals surface area contributed by atoms with Crippen LogP contribution < -0.4 is 10.6 Å². The van der Waals surface area contributed by atoms with Gasteiger partial charge in [0.15, 0.2) is 0 Å². The van der Waals surface area contributed by atoms with Crippen molar-refractivity contribution in [3.05, 3.63) is 29.3 Å². The zero-order valence-corrected chi connectivity index (χ0v) is 18.4. The van der Waals surface area contributed by atoms with Crippen molar-refractivity contribution in [2.24, 2.45) is 11.8 Å². The van der Waals surface area contributed by atoms with Crippen molar-refractivity contribution in [2.75, 3.05) is 18.4 Å². The Hall–Kier alpha value is -1.59. The molecule has 3 atom stereocenters. The van der Waals surface area contributed by atoms with E-state index in [4.69, 9.17) is 0 Å². The number of likely N-dealkylation sites (tertiary alicyclic amines) is 1. The van der Waals surface area contributed by atoms with Gasteiger partial charge in [-0.2, -0.15) is 0 Å². The van der Waals surface area contributed by atoms with Gasteiger partial charge in [0.05, 0.1) is 0 Å². The number of benzene rings is 1. The molecule has 29 heavy (non-hydrogen) atoms. The van der Waals surface area contributed by atoms with Gasteiger partial charge in [-0.3, -0.25) is 9.59 Å². The quantitative estimate of drug-likeness (QED) is 0.770. The topological polar surface area (TPSA) is 61.4 Å². The van der Waals surface area contributed by atoms with E-state index in [9.17, 15) is 9.59 Å². The van der Waals surface area contributed by atoms with Crippen LogP contribution in [0.3, 0.4) is 0 Å². The first-order valence-corrected chi connectivity index (χ1v) is 10.9. The average Bonchev–Trinajstić information content (AvgIpc) is 3.01. The number of nitrogens with one attached hydrogen (secondary N) is 2. The Morgan fingerprint density at radius 1 is 1.17 bits per heavy atom. The molecule has 3 saturated heterocycles. The number of piperidine rings is 2. The van der Waals surface area contributed by atoms with Crippen molar-refractivity contribution < 1.29 is 9.59 Å². The highest BCUT2D eigenvalue weighted by Gasteiger charge is 2.34. The summed E-state index contributed by atoms with van der Waals surface area (Å²) in [5, 5.41) is 6.71. The second-order valence-corrected chi connectivity index (χ2v) is 9.26. The van der Waals surface area contributed by atoms with Gasteiger partial charge in [0.25, 0.3) is 5.91 Å². The standard InChI is InChI=1S/C23H33N3O2.ClH/c1-15-4-3-9-26(14-15)23(28)18-5-8-21(16(2)10-18)25-22(27)13-17-11-19-6-7-20(12-17)24-19;/h5,8,10,15,17,19-20,24H,3-4,6-7,9,11-14H2,1-2H3,(H,25,27);1H. The molecule has 3 aliphatic rings. The van der Waals surface area contributed by atoms with Crippen molar-refractivity contribution in [3.63, 3.8) is 0 Å². The maximum absolute atomic E-state index is 12.8. The summed E-state index contributed by atoms with van der Waals surface area (Å²) in [6.45, 7) is 5.86. The Balaban J connectivity index is 0.00000240. The Morgan fingerprint density at radius 3 is 2.55 bits per heavy atom. The molecular weight excluding hydrogens is 386 g/mol. The van der Waals surface area contributed by atoms with Crippen LogP contribution in [0.2, 0.25) is 0 Å². The lowest BCUT2D eigenvalue weighted by Gasteiger charge is -2.31. The van der Waals surface area contributed by atoms with Gasteiger partial charge in [-0.1, -0.05) is 6.92 Å². The van der Waals surface area contributed by atoms with Gasteiger partial charge in [0.1, 0.15) is 0 Å². The molecule has 5 nitrogen and oxygen atoms in total. The molecule has 0 aliphatic carbocycles.